The first-order valence-electron chi connectivity index (χ1n) is 5.60. The molecule has 1 saturated carbocycles. The minimum Gasteiger partial charge on any atom is -0.431 e. The maximum atomic E-state index is 5.69. The second-order valence-electron chi connectivity index (χ2n) is 4.29. The molecule has 16 heavy (non-hydrogen) atoms. The van der Waals surface area contributed by atoms with Crippen molar-refractivity contribution >= 4 is 28.5 Å². The van der Waals surface area contributed by atoms with Crippen molar-refractivity contribution in [2.75, 3.05) is 11.5 Å². The number of thioether (sulfide) groups is 1. The van der Waals surface area contributed by atoms with E-state index in [0.717, 1.165) is 33.7 Å². The van der Waals surface area contributed by atoms with Gasteiger partial charge in [-0.25, -0.2) is 4.98 Å². The van der Waals surface area contributed by atoms with E-state index in [9.17, 15) is 0 Å². The fourth-order valence-electron chi connectivity index (χ4n) is 1.70. The molecule has 1 heterocycles. The van der Waals surface area contributed by atoms with Crippen LogP contribution in [0.4, 0.5) is 5.69 Å². The van der Waals surface area contributed by atoms with Crippen LogP contribution in [0.15, 0.2) is 27.8 Å². The fourth-order valence-corrected chi connectivity index (χ4v) is 2.64. The van der Waals surface area contributed by atoms with E-state index in [1.807, 2.05) is 18.2 Å². The van der Waals surface area contributed by atoms with Gasteiger partial charge in [0.25, 0.3) is 5.22 Å². The lowest BCUT2D eigenvalue weighted by molar-refractivity contribution is 0.489. The molecule has 1 aliphatic carbocycles. The van der Waals surface area contributed by atoms with Crippen molar-refractivity contribution in [3.63, 3.8) is 0 Å². The summed E-state index contributed by atoms with van der Waals surface area (Å²) < 4.78 is 5.62. The summed E-state index contributed by atoms with van der Waals surface area (Å²) in [5.41, 5.74) is 8.09. The van der Waals surface area contributed by atoms with Crippen LogP contribution in [0.25, 0.3) is 11.1 Å². The van der Waals surface area contributed by atoms with Crippen molar-refractivity contribution in [2.24, 2.45) is 5.92 Å². The van der Waals surface area contributed by atoms with Crippen LogP contribution in [0.5, 0.6) is 0 Å². The predicted octanol–water partition coefficient (Wildman–Crippen LogP) is 3.30. The maximum Gasteiger partial charge on any atom is 0.256 e. The monoisotopic (exact) mass is 234 g/mol. The molecule has 0 aliphatic heterocycles. The van der Waals surface area contributed by atoms with Gasteiger partial charge in [-0.05, 0) is 24.5 Å². The Bertz CT molecular complexity index is 505. The molecule has 2 N–H and O–H groups in total. The van der Waals surface area contributed by atoms with Crippen molar-refractivity contribution in [2.45, 2.75) is 24.5 Å². The number of oxazole rings is 1. The molecule has 84 valence electrons. The second-order valence-corrected chi connectivity index (χ2v) is 5.33. The molecule has 2 aromatic rings. The van der Waals surface area contributed by atoms with Crippen LogP contribution in [-0.4, -0.2) is 10.7 Å². The summed E-state index contributed by atoms with van der Waals surface area (Å²) in [6.07, 6.45) is 4.10. The minimum atomic E-state index is 0.721. The number of anilines is 1. The number of nitrogens with two attached hydrogens (primary N) is 1. The standard InChI is InChI=1S/C12H14N2OS/c13-9-3-4-10-11(7-9)15-12(14-10)16-6-5-8-1-2-8/h3-4,7-8H,1-2,5-6,13H2. The third-order valence-corrected chi connectivity index (χ3v) is 3.70. The van der Waals surface area contributed by atoms with Crippen molar-refractivity contribution in [3.05, 3.63) is 18.2 Å². The van der Waals surface area contributed by atoms with Gasteiger partial charge in [-0.15, -0.1) is 0 Å². The van der Waals surface area contributed by atoms with Gasteiger partial charge in [0, 0.05) is 17.5 Å². The lowest BCUT2D eigenvalue weighted by atomic mass is 10.3. The fraction of sp³-hybridized carbons (Fsp3) is 0.417. The molecule has 4 heteroatoms. The number of hydrogen-bond acceptors (Lipinski definition) is 4. The summed E-state index contributed by atoms with van der Waals surface area (Å²) in [5, 5.41) is 0.765. The summed E-state index contributed by atoms with van der Waals surface area (Å²) in [6.45, 7) is 0. The van der Waals surface area contributed by atoms with Crippen LogP contribution in [0.2, 0.25) is 0 Å². The van der Waals surface area contributed by atoms with Gasteiger partial charge in [-0.1, -0.05) is 24.6 Å². The topological polar surface area (TPSA) is 52.0 Å². The molecule has 0 atom stereocenters. The van der Waals surface area contributed by atoms with Crippen LogP contribution >= 0.6 is 11.8 Å². The van der Waals surface area contributed by atoms with E-state index in [2.05, 4.69) is 4.98 Å². The van der Waals surface area contributed by atoms with E-state index in [1.165, 1.54) is 19.3 Å². The number of aromatic nitrogens is 1. The number of benzene rings is 1. The number of fused-ring (bicyclic) bond motifs is 1. The first-order chi connectivity index (χ1) is 7.81. The number of rotatable bonds is 4. The molecule has 3 nitrogen and oxygen atoms in total. The molecule has 1 fully saturated rings. The Morgan fingerprint density at radius 1 is 1.44 bits per heavy atom. The molecule has 1 aliphatic rings. The number of nitrogen functional groups attached to an aromatic ring is 1. The molecule has 0 bridgehead atoms. The van der Waals surface area contributed by atoms with Gasteiger partial charge < -0.3 is 10.2 Å². The summed E-state index contributed by atoms with van der Waals surface area (Å²) in [6, 6.07) is 5.58. The van der Waals surface area contributed by atoms with E-state index < -0.39 is 0 Å². The lowest BCUT2D eigenvalue weighted by Gasteiger charge is -1.93. The Morgan fingerprint density at radius 3 is 3.12 bits per heavy atom. The van der Waals surface area contributed by atoms with Crippen LogP contribution in [0.1, 0.15) is 19.3 Å². The maximum absolute atomic E-state index is 5.69. The summed E-state index contributed by atoms with van der Waals surface area (Å²) in [7, 11) is 0. The Morgan fingerprint density at radius 2 is 2.31 bits per heavy atom. The Hall–Kier alpha value is -1.16. The largest absolute Gasteiger partial charge is 0.431 e. The zero-order valence-corrected chi connectivity index (χ0v) is 9.80. The van der Waals surface area contributed by atoms with E-state index >= 15 is 0 Å². The zero-order valence-electron chi connectivity index (χ0n) is 8.98. The molecule has 1 aromatic carbocycles. The minimum absolute atomic E-state index is 0.721. The molecule has 3 rings (SSSR count). The van der Waals surface area contributed by atoms with Crippen LogP contribution < -0.4 is 5.73 Å². The quantitative estimate of drug-likeness (QED) is 0.651. The van der Waals surface area contributed by atoms with E-state index in [-0.39, 0.29) is 0 Å². The highest BCUT2D eigenvalue weighted by molar-refractivity contribution is 7.99. The van der Waals surface area contributed by atoms with Gasteiger partial charge in [0.05, 0.1) is 0 Å². The van der Waals surface area contributed by atoms with Gasteiger partial charge in [-0.2, -0.15) is 0 Å². The smallest absolute Gasteiger partial charge is 0.256 e. The predicted molar refractivity (Wildman–Crippen MR) is 66.5 cm³/mol. The van der Waals surface area contributed by atoms with Gasteiger partial charge >= 0.3 is 0 Å². The molecule has 0 radical (unpaired) electrons. The molecular weight excluding hydrogens is 220 g/mol. The highest BCUT2D eigenvalue weighted by Crippen LogP contribution is 2.35. The van der Waals surface area contributed by atoms with E-state index in [1.54, 1.807) is 11.8 Å². The van der Waals surface area contributed by atoms with Gasteiger partial charge in [0.15, 0.2) is 5.58 Å². The normalized spacial score (nSPS) is 15.8. The van der Waals surface area contributed by atoms with Gasteiger partial charge in [-0.3, -0.25) is 0 Å². The highest BCUT2D eigenvalue weighted by atomic mass is 32.2. The first kappa shape index (κ1) is 10.0. The van der Waals surface area contributed by atoms with Crippen molar-refractivity contribution in [1.29, 1.82) is 0 Å². The molecule has 0 unspecified atom stereocenters. The Balaban J connectivity index is 1.71. The second kappa shape index (κ2) is 4.01. The average molecular weight is 234 g/mol. The molecule has 1 aromatic heterocycles. The lowest BCUT2D eigenvalue weighted by Crippen LogP contribution is -1.81. The van der Waals surface area contributed by atoms with Gasteiger partial charge in [0.1, 0.15) is 5.52 Å². The summed E-state index contributed by atoms with van der Waals surface area (Å²) in [4.78, 5) is 4.41. The van der Waals surface area contributed by atoms with Gasteiger partial charge in [0.2, 0.25) is 0 Å². The SMILES string of the molecule is Nc1ccc2nc(SCCC3CC3)oc2c1. The van der Waals surface area contributed by atoms with Crippen LogP contribution in [0, 0.1) is 5.92 Å². The summed E-state index contributed by atoms with van der Waals surface area (Å²) >= 11 is 1.70. The third kappa shape index (κ3) is 2.16. The molecule has 0 saturated heterocycles. The Kier molecular flexibility index (Phi) is 2.52. The van der Waals surface area contributed by atoms with E-state index in [0.29, 0.717) is 0 Å². The van der Waals surface area contributed by atoms with Crippen molar-refractivity contribution in [1.82, 2.24) is 4.98 Å². The van der Waals surface area contributed by atoms with Crippen LogP contribution in [0.3, 0.4) is 0 Å². The number of hydrogen-bond donors (Lipinski definition) is 1. The molecular formula is C12H14N2OS. The summed E-state index contributed by atoms with van der Waals surface area (Å²) in [5.74, 6) is 2.07. The highest BCUT2D eigenvalue weighted by Gasteiger charge is 2.20. The van der Waals surface area contributed by atoms with Crippen LogP contribution in [-0.2, 0) is 0 Å². The van der Waals surface area contributed by atoms with Crippen molar-refractivity contribution < 1.29 is 4.42 Å². The molecule has 0 spiro atoms. The third-order valence-electron chi connectivity index (χ3n) is 2.84. The molecule has 0 amide bonds. The number of nitrogens with zero attached hydrogens (tertiary/aromatic N) is 1. The zero-order chi connectivity index (χ0) is 11.0. The Labute approximate surface area is 98.4 Å². The average Bonchev–Trinajstić information content (AvgIpc) is 2.98. The van der Waals surface area contributed by atoms with Crippen molar-refractivity contribution in [3.8, 4) is 0 Å². The first-order valence-corrected chi connectivity index (χ1v) is 6.59. The van der Waals surface area contributed by atoms with E-state index in [4.69, 9.17) is 10.2 Å².